The smallest absolute Gasteiger partial charge is 0.259 e. The summed E-state index contributed by atoms with van der Waals surface area (Å²) >= 11 is 12.2. The highest BCUT2D eigenvalue weighted by Crippen LogP contribution is 2.37. The molecule has 0 N–H and O–H groups in total. The Labute approximate surface area is 155 Å². The van der Waals surface area contributed by atoms with Crippen LogP contribution in [0.4, 0.5) is 0 Å². The van der Waals surface area contributed by atoms with Gasteiger partial charge < -0.3 is 9.64 Å². The minimum atomic E-state index is -1.33. The molecule has 0 radical (unpaired) electrons. The minimum Gasteiger partial charge on any atom is -0.481 e. The fraction of sp³-hybridized carbons (Fsp3) is 0.412. The molecule has 2 rings (SSSR count). The van der Waals surface area contributed by atoms with Gasteiger partial charge in [-0.2, -0.15) is 0 Å². The lowest BCUT2D eigenvalue weighted by Crippen LogP contribution is -2.35. The average molecular weight is 386 g/mol. The average Bonchev–Trinajstić information content (AvgIpc) is 2.54. The topological polar surface area (TPSA) is 80.8 Å². The van der Waals surface area contributed by atoms with Crippen LogP contribution in [-0.4, -0.2) is 48.9 Å². The first-order valence-electron chi connectivity index (χ1n) is 7.64. The van der Waals surface area contributed by atoms with Gasteiger partial charge in [-0.05, 0) is 18.6 Å². The standard InChI is InChI=1S/C17H17Cl2NO5/c1-20(2)13(23)8-25-17-10(18)7-6-9(15(17)19)16(24)14-11(21)4-3-5-12(14)22/h6-7,14H,3-5,8H2,1-2H3. The van der Waals surface area contributed by atoms with Crippen LogP contribution in [0.25, 0.3) is 0 Å². The molecule has 0 atom stereocenters. The van der Waals surface area contributed by atoms with E-state index in [1.165, 1.54) is 17.0 Å². The van der Waals surface area contributed by atoms with E-state index in [2.05, 4.69) is 0 Å². The number of amides is 1. The Morgan fingerprint density at radius 2 is 1.76 bits per heavy atom. The van der Waals surface area contributed by atoms with Gasteiger partial charge in [0.05, 0.1) is 10.0 Å². The Morgan fingerprint density at radius 3 is 2.32 bits per heavy atom. The molecule has 1 aromatic rings. The van der Waals surface area contributed by atoms with Gasteiger partial charge in [0.1, 0.15) is 5.92 Å². The molecule has 6 nitrogen and oxygen atoms in total. The predicted octanol–water partition coefficient (Wildman–Crippen LogP) is 2.58. The van der Waals surface area contributed by atoms with Crippen LogP contribution in [0.3, 0.4) is 0 Å². The van der Waals surface area contributed by atoms with Crippen LogP contribution in [0.1, 0.15) is 29.6 Å². The number of carbonyl (C=O) groups is 4. The van der Waals surface area contributed by atoms with Gasteiger partial charge in [0.2, 0.25) is 0 Å². The van der Waals surface area contributed by atoms with Gasteiger partial charge in [0.15, 0.2) is 29.7 Å². The number of hydrogen-bond donors (Lipinski definition) is 0. The van der Waals surface area contributed by atoms with Crippen LogP contribution in [-0.2, 0) is 14.4 Å². The van der Waals surface area contributed by atoms with Crippen LogP contribution in [0.5, 0.6) is 5.75 Å². The molecule has 0 unspecified atom stereocenters. The van der Waals surface area contributed by atoms with Gasteiger partial charge in [-0.3, -0.25) is 19.2 Å². The number of nitrogens with zero attached hydrogens (tertiary/aromatic N) is 1. The highest BCUT2D eigenvalue weighted by Gasteiger charge is 2.37. The molecule has 1 amide bonds. The molecule has 0 bridgehead atoms. The summed E-state index contributed by atoms with van der Waals surface area (Å²) < 4.78 is 5.35. The summed E-state index contributed by atoms with van der Waals surface area (Å²) in [6.45, 7) is -0.314. The van der Waals surface area contributed by atoms with Crippen molar-refractivity contribution in [2.24, 2.45) is 5.92 Å². The quantitative estimate of drug-likeness (QED) is 0.574. The van der Waals surface area contributed by atoms with E-state index in [1.807, 2.05) is 0 Å². The van der Waals surface area contributed by atoms with Crippen molar-refractivity contribution in [2.45, 2.75) is 19.3 Å². The number of halogens is 2. The van der Waals surface area contributed by atoms with Crippen molar-refractivity contribution in [1.82, 2.24) is 4.90 Å². The Morgan fingerprint density at radius 1 is 1.16 bits per heavy atom. The number of rotatable bonds is 5. The van der Waals surface area contributed by atoms with E-state index in [4.69, 9.17) is 27.9 Å². The molecule has 0 aliphatic heterocycles. The molecular weight excluding hydrogens is 369 g/mol. The van der Waals surface area contributed by atoms with Gasteiger partial charge >= 0.3 is 0 Å². The van der Waals surface area contributed by atoms with Crippen molar-refractivity contribution in [3.63, 3.8) is 0 Å². The zero-order chi connectivity index (χ0) is 18.7. The van der Waals surface area contributed by atoms with Gasteiger partial charge in [0.25, 0.3) is 5.91 Å². The van der Waals surface area contributed by atoms with Crippen LogP contribution >= 0.6 is 23.2 Å². The SMILES string of the molecule is CN(C)C(=O)COc1c(Cl)ccc(C(=O)C2C(=O)CCCC2=O)c1Cl. The Kier molecular flexibility index (Phi) is 6.19. The maximum absolute atomic E-state index is 12.7. The Bertz CT molecular complexity index is 729. The molecule has 1 fully saturated rings. The lowest BCUT2D eigenvalue weighted by molar-refractivity contribution is -0.133. The number of benzene rings is 1. The second-order valence-electron chi connectivity index (χ2n) is 5.90. The number of likely N-dealkylation sites (N-methyl/N-ethyl adjacent to an activating group) is 1. The van der Waals surface area contributed by atoms with Crippen molar-refractivity contribution < 1.29 is 23.9 Å². The first kappa shape index (κ1) is 19.4. The molecule has 1 aliphatic carbocycles. The number of Topliss-reactive ketones (excluding diaryl/α,β-unsaturated/α-hetero) is 3. The lowest BCUT2D eigenvalue weighted by Gasteiger charge is -2.20. The first-order chi connectivity index (χ1) is 11.7. The van der Waals surface area contributed by atoms with E-state index in [-0.39, 0.29) is 46.7 Å². The third kappa shape index (κ3) is 4.19. The van der Waals surface area contributed by atoms with Gasteiger partial charge in [-0.15, -0.1) is 0 Å². The van der Waals surface area contributed by atoms with Crippen molar-refractivity contribution in [3.8, 4) is 5.75 Å². The number of carbonyl (C=O) groups excluding carboxylic acids is 4. The van der Waals surface area contributed by atoms with E-state index < -0.39 is 23.3 Å². The van der Waals surface area contributed by atoms with Crippen molar-refractivity contribution in [2.75, 3.05) is 20.7 Å². The number of ether oxygens (including phenoxy) is 1. The molecule has 0 saturated heterocycles. The number of ketones is 3. The van der Waals surface area contributed by atoms with E-state index >= 15 is 0 Å². The minimum absolute atomic E-state index is 0.0213. The summed E-state index contributed by atoms with van der Waals surface area (Å²) in [7, 11) is 3.13. The Balaban J connectivity index is 2.31. The monoisotopic (exact) mass is 385 g/mol. The zero-order valence-electron chi connectivity index (χ0n) is 13.8. The van der Waals surface area contributed by atoms with E-state index in [0.717, 1.165) is 0 Å². The largest absolute Gasteiger partial charge is 0.481 e. The van der Waals surface area contributed by atoms with Crippen molar-refractivity contribution >= 4 is 46.5 Å². The summed E-state index contributed by atoms with van der Waals surface area (Å²) in [6, 6.07) is 2.73. The van der Waals surface area contributed by atoms with Crippen molar-refractivity contribution in [1.29, 1.82) is 0 Å². The molecule has 0 heterocycles. The second kappa shape index (κ2) is 7.97. The molecular formula is C17H17Cl2NO5. The summed E-state index contributed by atoms with van der Waals surface area (Å²) in [5.74, 6) is -3.15. The van der Waals surface area contributed by atoms with E-state index in [0.29, 0.717) is 6.42 Å². The van der Waals surface area contributed by atoms with Crippen LogP contribution in [0.2, 0.25) is 10.0 Å². The fourth-order valence-electron chi connectivity index (χ4n) is 2.47. The maximum atomic E-state index is 12.7. The lowest BCUT2D eigenvalue weighted by atomic mass is 9.81. The fourth-order valence-corrected chi connectivity index (χ4v) is 3.04. The molecule has 8 heteroatoms. The normalized spacial score (nSPS) is 15.2. The van der Waals surface area contributed by atoms with E-state index in [1.54, 1.807) is 14.1 Å². The van der Waals surface area contributed by atoms with Crippen molar-refractivity contribution in [3.05, 3.63) is 27.7 Å². The summed E-state index contributed by atoms with van der Waals surface area (Å²) in [6.07, 6.45) is 0.832. The van der Waals surface area contributed by atoms with Gasteiger partial charge in [-0.1, -0.05) is 23.2 Å². The maximum Gasteiger partial charge on any atom is 0.259 e. The second-order valence-corrected chi connectivity index (χ2v) is 6.68. The highest BCUT2D eigenvalue weighted by molar-refractivity contribution is 6.40. The summed E-state index contributed by atoms with van der Waals surface area (Å²) in [5.41, 5.74) is -0.0213. The highest BCUT2D eigenvalue weighted by atomic mass is 35.5. The van der Waals surface area contributed by atoms with Crippen LogP contribution in [0, 0.1) is 5.92 Å². The van der Waals surface area contributed by atoms with Crippen LogP contribution in [0.15, 0.2) is 12.1 Å². The molecule has 1 aliphatic rings. The first-order valence-corrected chi connectivity index (χ1v) is 8.40. The van der Waals surface area contributed by atoms with Gasteiger partial charge in [0, 0.05) is 32.5 Å². The zero-order valence-corrected chi connectivity index (χ0v) is 15.3. The Hall–Kier alpha value is -1.92. The number of hydrogen-bond acceptors (Lipinski definition) is 5. The third-order valence-corrected chi connectivity index (χ3v) is 4.58. The molecule has 1 saturated carbocycles. The molecule has 134 valence electrons. The summed E-state index contributed by atoms with van der Waals surface area (Å²) in [5, 5.41) is 0.00429. The predicted molar refractivity (Wildman–Crippen MR) is 92.3 cm³/mol. The van der Waals surface area contributed by atoms with E-state index in [9.17, 15) is 19.2 Å². The summed E-state index contributed by atoms with van der Waals surface area (Å²) in [4.78, 5) is 49.6. The van der Waals surface area contributed by atoms with Gasteiger partial charge in [-0.25, -0.2) is 0 Å². The molecule has 1 aromatic carbocycles. The molecule has 25 heavy (non-hydrogen) atoms. The third-order valence-electron chi connectivity index (χ3n) is 3.91. The molecule has 0 aromatic heterocycles. The van der Waals surface area contributed by atoms with Crippen LogP contribution < -0.4 is 4.74 Å². The molecule has 0 spiro atoms.